The van der Waals surface area contributed by atoms with Gasteiger partial charge >= 0.3 is 5.97 Å². The number of aromatic nitrogens is 1. The molecule has 1 aromatic rings. The highest BCUT2D eigenvalue weighted by atomic mass is 19.1. The predicted octanol–water partition coefficient (Wildman–Crippen LogP) is 1.32. The number of pyridine rings is 1. The molecule has 0 saturated heterocycles. The Morgan fingerprint density at radius 3 is 2.83 bits per heavy atom. The van der Waals surface area contributed by atoms with E-state index in [9.17, 15) is 9.18 Å². The van der Waals surface area contributed by atoms with Gasteiger partial charge in [0.2, 0.25) is 0 Å². The lowest BCUT2D eigenvalue weighted by Crippen LogP contribution is -2.07. The Morgan fingerprint density at radius 1 is 1.58 bits per heavy atom. The second kappa shape index (κ2) is 3.30. The maximum Gasteiger partial charge on any atom is 0.359 e. The van der Waals surface area contributed by atoms with E-state index in [-0.39, 0.29) is 5.69 Å². The third-order valence-corrected chi connectivity index (χ3v) is 1.36. The molecule has 4 heteroatoms. The second-order valence-corrected chi connectivity index (χ2v) is 2.27. The van der Waals surface area contributed by atoms with Crippen molar-refractivity contribution >= 4 is 5.97 Å². The smallest absolute Gasteiger partial charge is 0.359 e. The van der Waals surface area contributed by atoms with E-state index in [1.54, 1.807) is 6.92 Å². The summed E-state index contributed by atoms with van der Waals surface area (Å²) in [6, 6.07) is 2.68. The van der Waals surface area contributed by atoms with Crippen molar-refractivity contribution in [2.75, 3.05) is 7.11 Å². The first-order chi connectivity index (χ1) is 5.65. The van der Waals surface area contributed by atoms with Crippen LogP contribution in [0.15, 0.2) is 12.1 Å². The standard InChI is InChI=1S/C8H8FNO2/c1-5-3-4-6(9)7(10-5)8(11)12-2/h3-4H,1-2H3. The summed E-state index contributed by atoms with van der Waals surface area (Å²) in [6.07, 6.45) is 0. The van der Waals surface area contributed by atoms with E-state index >= 15 is 0 Å². The molecule has 0 N–H and O–H groups in total. The average molecular weight is 169 g/mol. The summed E-state index contributed by atoms with van der Waals surface area (Å²) in [5, 5.41) is 0. The van der Waals surface area contributed by atoms with E-state index in [2.05, 4.69) is 9.72 Å². The second-order valence-electron chi connectivity index (χ2n) is 2.27. The molecule has 12 heavy (non-hydrogen) atoms. The summed E-state index contributed by atoms with van der Waals surface area (Å²) in [6.45, 7) is 1.67. The number of hydrogen-bond acceptors (Lipinski definition) is 3. The lowest BCUT2D eigenvalue weighted by Gasteiger charge is -2.00. The van der Waals surface area contributed by atoms with Crippen LogP contribution >= 0.6 is 0 Å². The molecule has 0 aliphatic carbocycles. The fourth-order valence-corrected chi connectivity index (χ4v) is 0.780. The number of ether oxygens (including phenoxy) is 1. The Hall–Kier alpha value is -1.45. The first-order valence-corrected chi connectivity index (χ1v) is 3.36. The van der Waals surface area contributed by atoms with Gasteiger partial charge < -0.3 is 4.74 Å². The monoisotopic (exact) mass is 169 g/mol. The molecular formula is C8H8FNO2. The molecule has 0 unspecified atom stereocenters. The van der Waals surface area contributed by atoms with Gasteiger partial charge in [-0.3, -0.25) is 0 Å². The minimum Gasteiger partial charge on any atom is -0.464 e. The van der Waals surface area contributed by atoms with Crippen LogP contribution in [0.25, 0.3) is 0 Å². The topological polar surface area (TPSA) is 39.2 Å². The Labute approximate surface area is 69.2 Å². The van der Waals surface area contributed by atoms with Crippen molar-refractivity contribution in [1.82, 2.24) is 4.98 Å². The molecule has 0 saturated carbocycles. The minimum atomic E-state index is -0.754. The molecule has 1 rings (SSSR count). The zero-order valence-corrected chi connectivity index (χ0v) is 6.80. The van der Waals surface area contributed by atoms with Crippen molar-refractivity contribution in [2.24, 2.45) is 0 Å². The van der Waals surface area contributed by atoms with E-state index < -0.39 is 11.8 Å². The maximum absolute atomic E-state index is 12.8. The van der Waals surface area contributed by atoms with Crippen LogP contribution in [0.3, 0.4) is 0 Å². The fraction of sp³-hybridized carbons (Fsp3) is 0.250. The number of nitrogens with zero attached hydrogens (tertiary/aromatic N) is 1. The Morgan fingerprint density at radius 2 is 2.25 bits per heavy atom. The van der Waals surface area contributed by atoms with Gasteiger partial charge in [-0.25, -0.2) is 14.2 Å². The average Bonchev–Trinajstić information content (AvgIpc) is 2.08. The highest BCUT2D eigenvalue weighted by Gasteiger charge is 2.13. The summed E-state index contributed by atoms with van der Waals surface area (Å²) in [5.74, 6) is -1.41. The zero-order valence-electron chi connectivity index (χ0n) is 6.80. The van der Waals surface area contributed by atoms with Crippen LogP contribution < -0.4 is 0 Å². The van der Waals surface area contributed by atoms with Crippen LogP contribution in [0.4, 0.5) is 4.39 Å². The number of rotatable bonds is 1. The highest BCUT2D eigenvalue weighted by Crippen LogP contribution is 2.06. The van der Waals surface area contributed by atoms with E-state index in [1.807, 2.05) is 0 Å². The number of methoxy groups -OCH3 is 1. The summed E-state index contributed by atoms with van der Waals surface area (Å²) < 4.78 is 17.2. The van der Waals surface area contributed by atoms with E-state index in [0.29, 0.717) is 5.69 Å². The molecule has 64 valence electrons. The summed E-state index contributed by atoms with van der Waals surface area (Å²) in [4.78, 5) is 14.6. The molecular weight excluding hydrogens is 161 g/mol. The van der Waals surface area contributed by atoms with Crippen molar-refractivity contribution in [3.8, 4) is 0 Å². The molecule has 1 aromatic heterocycles. The van der Waals surface area contributed by atoms with Crippen molar-refractivity contribution in [3.63, 3.8) is 0 Å². The number of esters is 1. The third kappa shape index (κ3) is 1.58. The molecule has 0 aliphatic heterocycles. The van der Waals surface area contributed by atoms with Gasteiger partial charge in [-0.15, -0.1) is 0 Å². The lowest BCUT2D eigenvalue weighted by atomic mass is 10.3. The van der Waals surface area contributed by atoms with Gasteiger partial charge in [0.05, 0.1) is 7.11 Å². The molecule has 0 fully saturated rings. The summed E-state index contributed by atoms with van der Waals surface area (Å²) in [7, 11) is 1.19. The molecule has 0 atom stereocenters. The van der Waals surface area contributed by atoms with Crippen LogP contribution in [0.5, 0.6) is 0 Å². The van der Waals surface area contributed by atoms with Crippen LogP contribution in [-0.2, 0) is 4.74 Å². The molecule has 0 amide bonds. The van der Waals surface area contributed by atoms with Gasteiger partial charge in [-0.1, -0.05) is 0 Å². The molecule has 0 radical (unpaired) electrons. The van der Waals surface area contributed by atoms with Crippen molar-refractivity contribution in [1.29, 1.82) is 0 Å². The maximum atomic E-state index is 12.8. The van der Waals surface area contributed by atoms with Crippen molar-refractivity contribution in [2.45, 2.75) is 6.92 Å². The molecule has 1 heterocycles. The Bertz CT molecular complexity index is 312. The molecule has 0 aliphatic rings. The quantitative estimate of drug-likeness (QED) is 0.595. The van der Waals surface area contributed by atoms with Gasteiger partial charge in [0, 0.05) is 5.69 Å². The SMILES string of the molecule is COC(=O)c1nc(C)ccc1F. The number of halogens is 1. The van der Waals surface area contributed by atoms with Crippen LogP contribution in [0, 0.1) is 12.7 Å². The molecule has 0 aromatic carbocycles. The Kier molecular flexibility index (Phi) is 2.38. The van der Waals surface area contributed by atoms with Crippen LogP contribution in [0.1, 0.15) is 16.2 Å². The number of aryl methyl sites for hydroxylation is 1. The van der Waals surface area contributed by atoms with Gasteiger partial charge in [0.1, 0.15) is 0 Å². The number of carbonyl (C=O) groups excluding carboxylic acids is 1. The molecule has 3 nitrogen and oxygen atoms in total. The van der Waals surface area contributed by atoms with Crippen molar-refractivity contribution < 1.29 is 13.9 Å². The largest absolute Gasteiger partial charge is 0.464 e. The van der Waals surface area contributed by atoms with Crippen molar-refractivity contribution in [3.05, 3.63) is 29.3 Å². The Balaban J connectivity index is 3.13. The van der Waals surface area contributed by atoms with Gasteiger partial charge in [-0.05, 0) is 19.1 Å². The normalized spacial score (nSPS) is 9.58. The molecule has 0 bridgehead atoms. The van der Waals surface area contributed by atoms with E-state index in [4.69, 9.17) is 0 Å². The predicted molar refractivity (Wildman–Crippen MR) is 40.3 cm³/mol. The van der Waals surface area contributed by atoms with E-state index in [1.165, 1.54) is 19.2 Å². The van der Waals surface area contributed by atoms with Gasteiger partial charge in [0.15, 0.2) is 11.5 Å². The van der Waals surface area contributed by atoms with Gasteiger partial charge in [-0.2, -0.15) is 0 Å². The summed E-state index contributed by atoms with van der Waals surface area (Å²) in [5.41, 5.74) is 0.314. The fourth-order valence-electron chi connectivity index (χ4n) is 0.780. The van der Waals surface area contributed by atoms with E-state index in [0.717, 1.165) is 0 Å². The van der Waals surface area contributed by atoms with Crippen LogP contribution in [0.2, 0.25) is 0 Å². The van der Waals surface area contributed by atoms with Crippen LogP contribution in [-0.4, -0.2) is 18.1 Å². The lowest BCUT2D eigenvalue weighted by molar-refractivity contribution is 0.0588. The highest BCUT2D eigenvalue weighted by molar-refractivity contribution is 5.87. The summed E-state index contributed by atoms with van der Waals surface area (Å²) >= 11 is 0. The zero-order chi connectivity index (χ0) is 9.14. The van der Waals surface area contributed by atoms with Gasteiger partial charge in [0.25, 0.3) is 0 Å². The number of hydrogen-bond donors (Lipinski definition) is 0. The number of carbonyl (C=O) groups is 1. The molecule has 0 spiro atoms. The first-order valence-electron chi connectivity index (χ1n) is 3.36. The first kappa shape index (κ1) is 8.64. The minimum absolute atomic E-state index is 0.266. The third-order valence-electron chi connectivity index (χ3n) is 1.36.